The summed E-state index contributed by atoms with van der Waals surface area (Å²) < 4.78 is 0.872. The third-order valence-electron chi connectivity index (χ3n) is 3.92. The monoisotopic (exact) mass is 476 g/mol. The first-order valence-electron chi connectivity index (χ1n) is 8.77. The lowest BCUT2D eigenvalue weighted by molar-refractivity contribution is -0.141. The number of rotatable bonds is 9. The Kier molecular flexibility index (Phi) is 8.95. The molecule has 0 fully saturated rings. The van der Waals surface area contributed by atoms with E-state index in [1.807, 2.05) is 6.26 Å². The molecule has 2 amide bonds. The summed E-state index contributed by atoms with van der Waals surface area (Å²) in [6, 6.07) is 14.6. The zero-order valence-electron chi connectivity index (χ0n) is 15.7. The summed E-state index contributed by atoms with van der Waals surface area (Å²) in [4.78, 5) is 36.8. The van der Waals surface area contributed by atoms with E-state index >= 15 is 0 Å². The van der Waals surface area contributed by atoms with E-state index in [0.717, 1.165) is 4.47 Å². The molecule has 0 aromatic heterocycles. The van der Waals surface area contributed by atoms with Crippen molar-refractivity contribution in [1.29, 1.82) is 0 Å². The number of aliphatic carboxylic acids is 1. The summed E-state index contributed by atoms with van der Waals surface area (Å²) >= 11 is 4.84. The Bertz CT molecular complexity index is 885. The number of carboxylic acid groups (broad SMARTS) is 1. The molecular formula is C21H21BrN2O4S. The first-order chi connectivity index (χ1) is 13.9. The van der Waals surface area contributed by atoms with E-state index < -0.39 is 23.8 Å². The van der Waals surface area contributed by atoms with Gasteiger partial charge in [0.1, 0.15) is 11.7 Å². The average molecular weight is 477 g/mol. The molecule has 0 spiro atoms. The maximum Gasteiger partial charge on any atom is 0.326 e. The van der Waals surface area contributed by atoms with Crippen molar-refractivity contribution in [2.45, 2.75) is 12.5 Å². The highest BCUT2D eigenvalue weighted by atomic mass is 79.9. The van der Waals surface area contributed by atoms with Crippen LogP contribution in [0.2, 0.25) is 0 Å². The van der Waals surface area contributed by atoms with Crippen LogP contribution in [0.1, 0.15) is 22.3 Å². The molecule has 0 radical (unpaired) electrons. The fourth-order valence-electron chi connectivity index (χ4n) is 2.40. The molecule has 0 bridgehead atoms. The number of benzene rings is 2. The van der Waals surface area contributed by atoms with E-state index in [1.54, 1.807) is 54.6 Å². The second kappa shape index (κ2) is 11.4. The molecule has 0 heterocycles. The van der Waals surface area contributed by atoms with E-state index in [-0.39, 0.29) is 12.1 Å². The van der Waals surface area contributed by atoms with Gasteiger partial charge in [-0.3, -0.25) is 9.59 Å². The predicted octanol–water partition coefficient (Wildman–Crippen LogP) is 3.54. The van der Waals surface area contributed by atoms with Gasteiger partial charge in [-0.25, -0.2) is 4.79 Å². The topological polar surface area (TPSA) is 95.5 Å². The van der Waals surface area contributed by atoms with Crippen molar-refractivity contribution >= 4 is 51.6 Å². The number of hydrogen-bond acceptors (Lipinski definition) is 4. The van der Waals surface area contributed by atoms with E-state index in [0.29, 0.717) is 16.9 Å². The van der Waals surface area contributed by atoms with Crippen LogP contribution in [0.5, 0.6) is 0 Å². The second-order valence-corrected chi connectivity index (χ2v) is 7.98. The van der Waals surface area contributed by atoms with Crippen molar-refractivity contribution in [2.75, 3.05) is 12.0 Å². The Morgan fingerprint density at radius 3 is 2.34 bits per heavy atom. The van der Waals surface area contributed by atoms with Gasteiger partial charge in [-0.15, -0.1) is 0 Å². The van der Waals surface area contributed by atoms with Crippen LogP contribution in [0.4, 0.5) is 0 Å². The molecule has 0 aliphatic heterocycles. The van der Waals surface area contributed by atoms with Crippen molar-refractivity contribution in [2.24, 2.45) is 0 Å². The lowest BCUT2D eigenvalue weighted by Crippen LogP contribution is -2.44. The van der Waals surface area contributed by atoms with Gasteiger partial charge in [0.25, 0.3) is 11.8 Å². The maximum absolute atomic E-state index is 12.8. The van der Waals surface area contributed by atoms with Crippen LogP contribution in [0, 0.1) is 0 Å². The highest BCUT2D eigenvalue weighted by molar-refractivity contribution is 9.10. The SMILES string of the molecule is CSCC[C@H](NC(=O)/C(=C\c1ccc(Br)cc1)NC(=O)c1ccccc1)C(=O)O. The van der Waals surface area contributed by atoms with Crippen LogP contribution >= 0.6 is 27.7 Å². The molecule has 0 saturated carbocycles. The van der Waals surface area contributed by atoms with Crippen LogP contribution in [0.15, 0.2) is 64.8 Å². The Morgan fingerprint density at radius 2 is 1.76 bits per heavy atom. The molecule has 2 aromatic rings. The maximum atomic E-state index is 12.8. The molecule has 8 heteroatoms. The average Bonchev–Trinajstić information content (AvgIpc) is 2.72. The molecule has 3 N–H and O–H groups in total. The van der Waals surface area contributed by atoms with Crippen molar-refractivity contribution < 1.29 is 19.5 Å². The Morgan fingerprint density at radius 1 is 1.10 bits per heavy atom. The molecule has 0 saturated heterocycles. The first kappa shape index (κ1) is 22.7. The number of carboxylic acids is 1. The second-order valence-electron chi connectivity index (χ2n) is 6.08. The summed E-state index contributed by atoms with van der Waals surface area (Å²) in [6.07, 6.45) is 3.65. The minimum atomic E-state index is -1.12. The molecule has 29 heavy (non-hydrogen) atoms. The third-order valence-corrected chi connectivity index (χ3v) is 5.10. The van der Waals surface area contributed by atoms with Gasteiger partial charge in [0, 0.05) is 10.0 Å². The zero-order valence-corrected chi connectivity index (χ0v) is 18.1. The normalized spacial score (nSPS) is 12.1. The van der Waals surface area contributed by atoms with Crippen molar-refractivity contribution in [3.63, 3.8) is 0 Å². The van der Waals surface area contributed by atoms with Gasteiger partial charge >= 0.3 is 5.97 Å². The van der Waals surface area contributed by atoms with Crippen LogP contribution < -0.4 is 10.6 Å². The van der Waals surface area contributed by atoms with Crippen molar-refractivity contribution in [3.05, 3.63) is 75.9 Å². The van der Waals surface area contributed by atoms with E-state index in [1.165, 1.54) is 17.8 Å². The quantitative estimate of drug-likeness (QED) is 0.481. The Hall–Kier alpha value is -2.58. The summed E-state index contributed by atoms with van der Waals surface area (Å²) in [6.45, 7) is 0. The molecule has 6 nitrogen and oxygen atoms in total. The molecule has 0 unspecified atom stereocenters. The summed E-state index contributed by atoms with van der Waals surface area (Å²) in [5.41, 5.74) is 1.04. The molecule has 0 aliphatic carbocycles. The number of carbonyl (C=O) groups excluding carboxylic acids is 2. The lowest BCUT2D eigenvalue weighted by Gasteiger charge is -2.16. The smallest absolute Gasteiger partial charge is 0.326 e. The minimum absolute atomic E-state index is 0.0309. The fourth-order valence-corrected chi connectivity index (χ4v) is 3.13. The summed E-state index contributed by atoms with van der Waals surface area (Å²) in [5.74, 6) is -1.66. The molecule has 152 valence electrons. The molecule has 1 atom stereocenters. The van der Waals surface area contributed by atoms with Crippen molar-refractivity contribution in [3.8, 4) is 0 Å². The Balaban J connectivity index is 2.27. The Labute approximate surface area is 181 Å². The summed E-state index contributed by atoms with van der Waals surface area (Å²) in [7, 11) is 0. The molecular weight excluding hydrogens is 456 g/mol. The van der Waals surface area contributed by atoms with Gasteiger partial charge in [-0.2, -0.15) is 11.8 Å². The van der Waals surface area contributed by atoms with E-state index in [4.69, 9.17) is 0 Å². The zero-order chi connectivity index (χ0) is 21.2. The standard InChI is InChI=1S/C21H21BrN2O4S/c1-29-12-11-17(21(27)28)23-20(26)18(13-14-7-9-16(22)10-8-14)24-19(25)15-5-3-2-4-6-15/h2-10,13,17H,11-12H2,1H3,(H,23,26)(H,24,25)(H,27,28)/b18-13+/t17-/m0/s1. The largest absolute Gasteiger partial charge is 0.480 e. The molecule has 0 aliphatic rings. The molecule has 2 rings (SSSR count). The van der Waals surface area contributed by atoms with Gasteiger partial charge in [-0.1, -0.05) is 46.3 Å². The van der Waals surface area contributed by atoms with Gasteiger partial charge in [0.2, 0.25) is 0 Å². The van der Waals surface area contributed by atoms with Crippen LogP contribution in [0.25, 0.3) is 6.08 Å². The number of carbonyl (C=O) groups is 3. The van der Waals surface area contributed by atoms with Crippen molar-refractivity contribution in [1.82, 2.24) is 10.6 Å². The number of thioether (sulfide) groups is 1. The van der Waals surface area contributed by atoms with Crippen LogP contribution in [0.3, 0.4) is 0 Å². The fraction of sp³-hybridized carbons (Fsp3) is 0.190. The van der Waals surface area contributed by atoms with Crippen LogP contribution in [-0.2, 0) is 9.59 Å². The predicted molar refractivity (Wildman–Crippen MR) is 119 cm³/mol. The van der Waals surface area contributed by atoms with Gasteiger partial charge in [0.05, 0.1) is 0 Å². The van der Waals surface area contributed by atoms with Gasteiger partial charge in [-0.05, 0) is 54.3 Å². The minimum Gasteiger partial charge on any atom is -0.480 e. The van der Waals surface area contributed by atoms with Gasteiger partial charge < -0.3 is 15.7 Å². The number of amides is 2. The number of halogens is 1. The highest BCUT2D eigenvalue weighted by Gasteiger charge is 2.22. The lowest BCUT2D eigenvalue weighted by atomic mass is 10.1. The number of hydrogen-bond donors (Lipinski definition) is 3. The van der Waals surface area contributed by atoms with Gasteiger partial charge in [0.15, 0.2) is 0 Å². The van der Waals surface area contributed by atoms with Crippen LogP contribution in [-0.4, -0.2) is 40.9 Å². The highest BCUT2D eigenvalue weighted by Crippen LogP contribution is 2.13. The first-order valence-corrected chi connectivity index (χ1v) is 11.0. The summed E-state index contributed by atoms with van der Waals surface area (Å²) in [5, 5.41) is 14.5. The molecule has 2 aromatic carbocycles. The van der Waals surface area contributed by atoms with E-state index in [2.05, 4.69) is 26.6 Å². The number of nitrogens with one attached hydrogen (secondary N) is 2. The third kappa shape index (κ3) is 7.40. The van der Waals surface area contributed by atoms with E-state index in [9.17, 15) is 19.5 Å².